The Kier molecular flexibility index (Phi) is 4.33. The van der Waals surface area contributed by atoms with Crippen LogP contribution in [0.25, 0.3) is 5.69 Å². The van der Waals surface area contributed by atoms with Gasteiger partial charge in [0, 0.05) is 18.7 Å². The first kappa shape index (κ1) is 13.6. The van der Waals surface area contributed by atoms with Crippen LogP contribution in [0.5, 0.6) is 0 Å². The van der Waals surface area contributed by atoms with Gasteiger partial charge in [-0.25, -0.2) is 0 Å². The highest BCUT2D eigenvalue weighted by molar-refractivity contribution is 6.16. The van der Waals surface area contributed by atoms with Gasteiger partial charge in [0.25, 0.3) is 0 Å². The van der Waals surface area contributed by atoms with E-state index in [1.165, 1.54) is 6.42 Å². The summed E-state index contributed by atoms with van der Waals surface area (Å²) < 4.78 is 7.85. The van der Waals surface area contributed by atoms with Crippen molar-refractivity contribution in [1.29, 1.82) is 0 Å². The number of ether oxygens (including phenoxy) is 1. The van der Waals surface area contributed by atoms with E-state index in [2.05, 4.69) is 10.2 Å². The summed E-state index contributed by atoms with van der Waals surface area (Å²) in [4.78, 5) is 0. The van der Waals surface area contributed by atoms with Crippen LogP contribution < -0.4 is 0 Å². The van der Waals surface area contributed by atoms with Crippen LogP contribution in [0.2, 0.25) is 0 Å². The van der Waals surface area contributed by atoms with E-state index < -0.39 is 0 Å². The summed E-state index contributed by atoms with van der Waals surface area (Å²) in [6, 6.07) is 10.1. The van der Waals surface area contributed by atoms with Crippen LogP contribution >= 0.6 is 11.6 Å². The second-order valence-corrected chi connectivity index (χ2v) is 5.30. The molecule has 1 aliphatic heterocycles. The maximum absolute atomic E-state index is 5.98. The third-order valence-corrected chi connectivity index (χ3v) is 3.85. The molecule has 0 amide bonds. The molecule has 1 aromatic heterocycles. The molecule has 3 rings (SSSR count). The van der Waals surface area contributed by atoms with Crippen molar-refractivity contribution in [2.24, 2.45) is 0 Å². The zero-order chi connectivity index (χ0) is 13.8. The number of hydrogen-bond acceptors (Lipinski definition) is 3. The Morgan fingerprint density at radius 3 is 2.65 bits per heavy atom. The number of halogens is 1. The standard InChI is InChI=1S/C15H18ClN3O/c16-11-15-18-17-14(10-13-8-4-5-9-20-13)19(15)12-6-2-1-3-7-12/h1-3,6-7,13H,4-5,8-11H2. The molecule has 2 aromatic rings. The predicted molar refractivity (Wildman–Crippen MR) is 78.2 cm³/mol. The SMILES string of the molecule is ClCc1nnc(CC2CCCCO2)n1-c1ccccc1. The van der Waals surface area contributed by atoms with Crippen molar-refractivity contribution in [3.05, 3.63) is 42.0 Å². The Balaban J connectivity index is 1.89. The fraction of sp³-hybridized carbons (Fsp3) is 0.467. The van der Waals surface area contributed by atoms with Gasteiger partial charge in [0.15, 0.2) is 5.82 Å². The van der Waals surface area contributed by atoms with E-state index >= 15 is 0 Å². The fourth-order valence-corrected chi connectivity index (χ4v) is 2.79. The molecule has 0 bridgehead atoms. The van der Waals surface area contributed by atoms with Crippen molar-refractivity contribution in [3.8, 4) is 5.69 Å². The zero-order valence-corrected chi connectivity index (χ0v) is 12.1. The Morgan fingerprint density at radius 1 is 1.15 bits per heavy atom. The monoisotopic (exact) mass is 291 g/mol. The number of para-hydroxylation sites is 1. The molecule has 4 nitrogen and oxygen atoms in total. The number of rotatable bonds is 4. The van der Waals surface area contributed by atoms with E-state index in [0.29, 0.717) is 5.88 Å². The number of benzene rings is 1. The lowest BCUT2D eigenvalue weighted by atomic mass is 10.1. The van der Waals surface area contributed by atoms with Crippen molar-refractivity contribution in [3.63, 3.8) is 0 Å². The van der Waals surface area contributed by atoms with Crippen molar-refractivity contribution >= 4 is 11.6 Å². The maximum Gasteiger partial charge on any atom is 0.152 e. The van der Waals surface area contributed by atoms with Crippen molar-refractivity contribution < 1.29 is 4.74 Å². The molecule has 106 valence electrons. The average molecular weight is 292 g/mol. The molecule has 1 saturated heterocycles. The fourth-order valence-electron chi connectivity index (χ4n) is 2.62. The quantitative estimate of drug-likeness (QED) is 0.813. The molecule has 1 unspecified atom stereocenters. The summed E-state index contributed by atoms with van der Waals surface area (Å²) >= 11 is 5.98. The molecule has 5 heteroatoms. The number of hydrogen-bond donors (Lipinski definition) is 0. The van der Waals surface area contributed by atoms with E-state index in [1.54, 1.807) is 0 Å². The lowest BCUT2D eigenvalue weighted by molar-refractivity contribution is 0.0154. The lowest BCUT2D eigenvalue weighted by Crippen LogP contribution is -2.23. The van der Waals surface area contributed by atoms with Crippen molar-refractivity contribution in [1.82, 2.24) is 14.8 Å². The number of aromatic nitrogens is 3. The first-order valence-corrected chi connectivity index (χ1v) is 7.58. The minimum atomic E-state index is 0.249. The van der Waals surface area contributed by atoms with Crippen molar-refractivity contribution in [2.75, 3.05) is 6.61 Å². The highest BCUT2D eigenvalue weighted by Gasteiger charge is 2.20. The Hall–Kier alpha value is -1.39. The molecule has 0 saturated carbocycles. The second kappa shape index (κ2) is 6.37. The smallest absolute Gasteiger partial charge is 0.152 e. The third kappa shape index (κ3) is 2.86. The largest absolute Gasteiger partial charge is 0.378 e. The highest BCUT2D eigenvalue weighted by atomic mass is 35.5. The lowest BCUT2D eigenvalue weighted by Gasteiger charge is -2.22. The van der Waals surface area contributed by atoms with E-state index in [0.717, 1.165) is 43.2 Å². The van der Waals surface area contributed by atoms with Crippen LogP contribution in [0.1, 0.15) is 30.9 Å². The van der Waals surface area contributed by atoms with Gasteiger partial charge in [-0.15, -0.1) is 21.8 Å². The zero-order valence-electron chi connectivity index (χ0n) is 11.3. The second-order valence-electron chi connectivity index (χ2n) is 5.03. The molecular formula is C15H18ClN3O. The minimum absolute atomic E-state index is 0.249. The average Bonchev–Trinajstić information content (AvgIpc) is 2.92. The van der Waals surface area contributed by atoms with Crippen LogP contribution in [0.4, 0.5) is 0 Å². The van der Waals surface area contributed by atoms with Gasteiger partial charge in [0.05, 0.1) is 12.0 Å². The summed E-state index contributed by atoms with van der Waals surface area (Å²) in [7, 11) is 0. The minimum Gasteiger partial charge on any atom is -0.378 e. The number of alkyl halides is 1. The maximum atomic E-state index is 5.98. The van der Waals surface area contributed by atoms with Crippen LogP contribution in [0, 0.1) is 0 Å². The molecule has 1 fully saturated rings. The van der Waals surface area contributed by atoms with E-state index in [4.69, 9.17) is 16.3 Å². The summed E-state index contributed by atoms with van der Waals surface area (Å²) in [6.45, 7) is 0.854. The summed E-state index contributed by atoms with van der Waals surface area (Å²) in [5.74, 6) is 2.07. The van der Waals surface area contributed by atoms with Gasteiger partial charge in [0.1, 0.15) is 5.82 Å². The third-order valence-electron chi connectivity index (χ3n) is 3.62. The molecule has 1 atom stereocenters. The molecule has 0 spiro atoms. The van der Waals surface area contributed by atoms with E-state index in [1.807, 2.05) is 34.9 Å². The van der Waals surface area contributed by atoms with E-state index in [9.17, 15) is 0 Å². The van der Waals surface area contributed by atoms with Crippen LogP contribution in [0.3, 0.4) is 0 Å². The molecular weight excluding hydrogens is 274 g/mol. The molecule has 0 aliphatic carbocycles. The molecule has 0 N–H and O–H groups in total. The normalized spacial score (nSPS) is 19.1. The Bertz CT molecular complexity index is 550. The first-order valence-electron chi connectivity index (χ1n) is 7.04. The van der Waals surface area contributed by atoms with Crippen molar-refractivity contribution in [2.45, 2.75) is 37.7 Å². The Labute approximate surface area is 123 Å². The van der Waals surface area contributed by atoms with Gasteiger partial charge in [-0.2, -0.15) is 0 Å². The molecule has 1 aromatic carbocycles. The Morgan fingerprint density at radius 2 is 1.95 bits per heavy atom. The first-order chi connectivity index (χ1) is 9.88. The van der Waals surface area contributed by atoms with Crippen LogP contribution in [-0.4, -0.2) is 27.5 Å². The van der Waals surface area contributed by atoms with Gasteiger partial charge in [-0.05, 0) is 31.4 Å². The van der Waals surface area contributed by atoms with Gasteiger partial charge in [-0.3, -0.25) is 4.57 Å². The van der Waals surface area contributed by atoms with Gasteiger partial charge in [-0.1, -0.05) is 18.2 Å². The summed E-state index contributed by atoms with van der Waals surface area (Å²) in [6.07, 6.45) is 4.52. The summed E-state index contributed by atoms with van der Waals surface area (Å²) in [5, 5.41) is 8.51. The van der Waals surface area contributed by atoms with Gasteiger partial charge < -0.3 is 4.74 Å². The predicted octanol–water partition coefficient (Wildman–Crippen LogP) is 3.12. The van der Waals surface area contributed by atoms with Gasteiger partial charge >= 0.3 is 0 Å². The topological polar surface area (TPSA) is 39.9 Å². The molecule has 1 aliphatic rings. The van der Waals surface area contributed by atoms with E-state index in [-0.39, 0.29) is 6.10 Å². The number of nitrogens with zero attached hydrogens (tertiary/aromatic N) is 3. The summed E-state index contributed by atoms with van der Waals surface area (Å²) in [5.41, 5.74) is 1.05. The van der Waals surface area contributed by atoms with Crippen LogP contribution in [0.15, 0.2) is 30.3 Å². The van der Waals surface area contributed by atoms with Crippen LogP contribution in [-0.2, 0) is 17.0 Å². The molecule has 0 radical (unpaired) electrons. The highest BCUT2D eigenvalue weighted by Crippen LogP contribution is 2.20. The molecule has 2 heterocycles. The van der Waals surface area contributed by atoms with Gasteiger partial charge in [0.2, 0.25) is 0 Å². The molecule has 20 heavy (non-hydrogen) atoms.